The van der Waals surface area contributed by atoms with E-state index in [1.54, 1.807) is 93.6 Å². The monoisotopic (exact) mass is 715 g/mol. The second kappa shape index (κ2) is 16.6. The first-order valence-electron chi connectivity index (χ1n) is 14.8. The maximum Gasteiger partial charge on any atom is 0.408 e. The highest BCUT2D eigenvalue weighted by Crippen LogP contribution is 2.31. The van der Waals surface area contributed by atoms with Gasteiger partial charge in [0.2, 0.25) is 5.91 Å². The van der Waals surface area contributed by atoms with Crippen LogP contribution in [0, 0.1) is 0 Å². The molecule has 0 bridgehead atoms. The van der Waals surface area contributed by atoms with Crippen molar-refractivity contribution in [2.75, 3.05) is 13.3 Å². The minimum absolute atomic E-state index is 0.138. The second-order valence-electron chi connectivity index (χ2n) is 11.6. The number of carbonyl (C=O) groups is 5. The molecule has 2 atom stereocenters. The van der Waals surface area contributed by atoms with Crippen LogP contribution in [-0.2, 0) is 32.0 Å². The summed E-state index contributed by atoms with van der Waals surface area (Å²) in [6.45, 7) is 4.20. The molecule has 1 aliphatic rings. The molecule has 254 valence electrons. The highest BCUT2D eigenvalue weighted by molar-refractivity contribution is 7.98. The van der Waals surface area contributed by atoms with Crippen LogP contribution in [0.25, 0.3) is 0 Å². The van der Waals surface area contributed by atoms with Crippen molar-refractivity contribution in [3.8, 4) is 0 Å². The Morgan fingerprint density at radius 2 is 1.52 bits per heavy atom. The minimum Gasteiger partial charge on any atom is -0.444 e. The van der Waals surface area contributed by atoms with Crippen molar-refractivity contribution < 1.29 is 33.4 Å². The molecular formula is C33H35Cl2N5O7S. The molecule has 0 spiro atoms. The lowest BCUT2D eigenvalue weighted by molar-refractivity contribution is -0.147. The van der Waals surface area contributed by atoms with Gasteiger partial charge in [0, 0.05) is 34.0 Å². The Balaban J connectivity index is 1.39. The lowest BCUT2D eigenvalue weighted by Crippen LogP contribution is -2.50. The third-order valence-corrected chi connectivity index (χ3v) is 8.25. The van der Waals surface area contributed by atoms with E-state index in [1.807, 2.05) is 6.07 Å². The summed E-state index contributed by atoms with van der Waals surface area (Å²) < 4.78 is 12.1. The number of ether oxygens (including phenoxy) is 2. The van der Waals surface area contributed by atoms with E-state index in [-0.39, 0.29) is 13.0 Å². The van der Waals surface area contributed by atoms with Crippen molar-refractivity contribution in [1.29, 1.82) is 0 Å². The van der Waals surface area contributed by atoms with Gasteiger partial charge in [-0.3, -0.25) is 23.6 Å². The fourth-order valence-corrected chi connectivity index (χ4v) is 5.67. The van der Waals surface area contributed by atoms with Gasteiger partial charge in [0.05, 0.1) is 6.54 Å². The fraction of sp³-hybridized carbons (Fsp3) is 0.303. The van der Waals surface area contributed by atoms with Crippen molar-refractivity contribution >= 4 is 65.1 Å². The molecule has 1 aliphatic heterocycles. The van der Waals surface area contributed by atoms with E-state index in [4.69, 9.17) is 32.7 Å². The summed E-state index contributed by atoms with van der Waals surface area (Å²) in [6, 6.07) is 20.6. The lowest BCUT2D eigenvalue weighted by Gasteiger charge is -2.24. The number of carbonyl (C=O) groups excluding carboxylic acids is 5. The van der Waals surface area contributed by atoms with Gasteiger partial charge in [0.1, 0.15) is 18.2 Å². The van der Waals surface area contributed by atoms with Gasteiger partial charge in [-0.25, -0.2) is 9.59 Å². The molecule has 12 nitrogen and oxygen atoms in total. The number of amides is 5. The zero-order chi connectivity index (χ0) is 34.8. The summed E-state index contributed by atoms with van der Waals surface area (Å²) >= 11 is 13.0. The molecule has 5 amide bonds. The summed E-state index contributed by atoms with van der Waals surface area (Å²) in [7, 11) is 0. The van der Waals surface area contributed by atoms with Crippen molar-refractivity contribution in [2.45, 2.75) is 50.9 Å². The number of nitrogens with one attached hydrogen (secondary N) is 3. The molecule has 1 fully saturated rings. The second-order valence-corrected chi connectivity index (χ2v) is 13.6. The maximum absolute atomic E-state index is 13.4. The van der Waals surface area contributed by atoms with Crippen LogP contribution in [0.2, 0.25) is 10.0 Å². The number of urea groups is 1. The molecule has 1 heterocycles. The van der Waals surface area contributed by atoms with E-state index in [2.05, 4.69) is 16.0 Å². The van der Waals surface area contributed by atoms with E-state index >= 15 is 0 Å². The third-order valence-electron chi connectivity index (χ3n) is 6.63. The summed E-state index contributed by atoms with van der Waals surface area (Å²) in [5.74, 6) is -1.97. The molecule has 48 heavy (non-hydrogen) atoms. The average molecular weight is 717 g/mol. The van der Waals surface area contributed by atoms with Crippen LogP contribution in [-0.4, -0.2) is 69.5 Å². The minimum atomic E-state index is -1.06. The van der Waals surface area contributed by atoms with Crippen LogP contribution < -0.4 is 16.0 Å². The Hall–Kier alpha value is -4.46. The quantitative estimate of drug-likeness (QED) is 0.168. The average Bonchev–Trinajstić information content (AvgIpc) is 3.32. The van der Waals surface area contributed by atoms with Crippen LogP contribution in [0.15, 0.2) is 78.9 Å². The number of rotatable bonds is 12. The Morgan fingerprint density at radius 1 is 0.896 bits per heavy atom. The van der Waals surface area contributed by atoms with E-state index in [9.17, 15) is 24.0 Å². The van der Waals surface area contributed by atoms with Gasteiger partial charge < -0.3 is 25.4 Å². The Bertz CT molecular complexity index is 1610. The molecule has 3 aromatic carbocycles. The predicted molar refractivity (Wildman–Crippen MR) is 182 cm³/mol. The molecule has 15 heteroatoms. The van der Waals surface area contributed by atoms with Crippen LogP contribution in [0.5, 0.6) is 0 Å². The molecule has 0 radical (unpaired) electrons. The number of hydrogen-bond donors (Lipinski definition) is 3. The third kappa shape index (κ3) is 11.1. The van der Waals surface area contributed by atoms with E-state index in [1.165, 1.54) is 9.21 Å². The highest BCUT2D eigenvalue weighted by Gasteiger charge is 2.40. The number of alkyl carbamates (subject to hydrolysis) is 1. The van der Waals surface area contributed by atoms with Gasteiger partial charge in [-0.15, -0.1) is 0 Å². The van der Waals surface area contributed by atoms with Crippen LogP contribution in [0.4, 0.5) is 9.59 Å². The van der Waals surface area contributed by atoms with Crippen molar-refractivity contribution in [3.05, 3.63) is 106 Å². The summed E-state index contributed by atoms with van der Waals surface area (Å²) in [6.07, 6.45) is -0.653. The van der Waals surface area contributed by atoms with Gasteiger partial charge in [0.25, 0.3) is 5.91 Å². The van der Waals surface area contributed by atoms with Gasteiger partial charge in [0.15, 0.2) is 12.2 Å². The lowest BCUT2D eigenvalue weighted by atomic mass is 10.1. The smallest absolute Gasteiger partial charge is 0.408 e. The SMILES string of the molecule is CC(C)(C)OC(=O)N[C@@H](Cc1ccccc1)C(=O)NCC(=O)OCN1C(=O)N(Cc2ccc(Cl)cc2)SC1NC(=O)c1ccc(Cl)cc1. The number of esters is 1. The molecule has 3 aromatic rings. The van der Waals surface area contributed by atoms with E-state index in [0.717, 1.165) is 23.1 Å². The highest BCUT2D eigenvalue weighted by atomic mass is 35.5. The van der Waals surface area contributed by atoms with E-state index in [0.29, 0.717) is 15.6 Å². The summed E-state index contributed by atoms with van der Waals surface area (Å²) in [5.41, 5.74) is 0.159. The first kappa shape index (κ1) is 36.4. The van der Waals surface area contributed by atoms with Crippen molar-refractivity contribution in [2.24, 2.45) is 0 Å². The molecule has 1 unspecified atom stereocenters. The maximum atomic E-state index is 13.4. The van der Waals surface area contributed by atoms with Gasteiger partial charge in [-0.2, -0.15) is 0 Å². The number of nitrogens with zero attached hydrogens (tertiary/aromatic N) is 2. The van der Waals surface area contributed by atoms with Crippen LogP contribution in [0.3, 0.4) is 0 Å². The van der Waals surface area contributed by atoms with Crippen LogP contribution >= 0.6 is 35.1 Å². The van der Waals surface area contributed by atoms with E-state index < -0.39 is 60.3 Å². The fourth-order valence-electron chi connectivity index (χ4n) is 4.33. The Morgan fingerprint density at radius 3 is 2.15 bits per heavy atom. The molecular weight excluding hydrogens is 681 g/mol. The molecule has 3 N–H and O–H groups in total. The predicted octanol–water partition coefficient (Wildman–Crippen LogP) is 5.35. The topological polar surface area (TPSA) is 146 Å². The molecule has 4 rings (SSSR count). The van der Waals surface area contributed by atoms with Crippen molar-refractivity contribution in [3.63, 3.8) is 0 Å². The molecule has 1 saturated heterocycles. The zero-order valence-electron chi connectivity index (χ0n) is 26.4. The number of benzene rings is 3. The van der Waals surface area contributed by atoms with Gasteiger partial charge >= 0.3 is 18.1 Å². The van der Waals surface area contributed by atoms with Crippen LogP contribution in [0.1, 0.15) is 42.3 Å². The van der Waals surface area contributed by atoms with Gasteiger partial charge in [-0.1, -0.05) is 65.7 Å². The molecule has 0 aromatic heterocycles. The standard InChI is InChI=1S/C33H35Cl2N5O7S/c1-33(2,3)47-31(44)37-26(17-21-7-5-4-6-8-21)29(43)36-18-27(41)46-20-39-30(38-28(42)23-11-15-25(35)16-12-23)48-40(32(39)45)19-22-9-13-24(34)14-10-22/h4-16,26,30H,17-20H2,1-3H3,(H,36,43)(H,37,44)(H,38,42)/t26-,30?/m0/s1. The first-order valence-corrected chi connectivity index (χ1v) is 16.4. The molecule has 0 aliphatic carbocycles. The van der Waals surface area contributed by atoms with Gasteiger partial charge in [-0.05, 0) is 68.3 Å². The zero-order valence-corrected chi connectivity index (χ0v) is 28.7. The first-order chi connectivity index (χ1) is 22.8. The molecule has 0 saturated carbocycles. The normalized spacial score (nSPS) is 15.0. The number of halogens is 2. The van der Waals surface area contributed by atoms with Crippen molar-refractivity contribution in [1.82, 2.24) is 25.2 Å². The number of hydrogen-bond acceptors (Lipinski definition) is 8. The largest absolute Gasteiger partial charge is 0.444 e. The Labute approximate surface area is 292 Å². The Kier molecular flexibility index (Phi) is 12.6. The summed E-state index contributed by atoms with van der Waals surface area (Å²) in [4.78, 5) is 65.9. The summed E-state index contributed by atoms with van der Waals surface area (Å²) in [5, 5.41) is 8.81.